The van der Waals surface area contributed by atoms with Crippen molar-refractivity contribution >= 4 is 0 Å². The number of pyridine rings is 1. The fourth-order valence-corrected chi connectivity index (χ4v) is 2.90. The number of benzene rings is 2. The van der Waals surface area contributed by atoms with Gasteiger partial charge in [0.1, 0.15) is 0 Å². The maximum absolute atomic E-state index is 13.0. The van der Waals surface area contributed by atoms with E-state index >= 15 is 0 Å². The Balaban J connectivity index is 2.11. The molecule has 0 fully saturated rings. The minimum absolute atomic E-state index is 0.0696. The second-order valence-corrected chi connectivity index (χ2v) is 5.97. The molecule has 0 saturated heterocycles. The zero-order chi connectivity index (χ0) is 16.9. The molecule has 120 valence electrons. The third-order valence-corrected chi connectivity index (χ3v) is 4.11. The Morgan fingerprint density at radius 3 is 2.33 bits per heavy atom. The highest BCUT2D eigenvalue weighted by atomic mass is 16.1. The fourth-order valence-electron chi connectivity index (χ4n) is 2.90. The molecule has 1 aromatic heterocycles. The Morgan fingerprint density at radius 2 is 1.62 bits per heavy atom. The fraction of sp³-hybridized carbons (Fsp3) is 0.136. The summed E-state index contributed by atoms with van der Waals surface area (Å²) in [5.41, 5.74) is 4.67. The molecule has 0 aliphatic carbocycles. The Morgan fingerprint density at radius 1 is 0.958 bits per heavy atom. The molecule has 0 radical (unpaired) electrons. The van der Waals surface area contributed by atoms with Crippen LogP contribution in [0.2, 0.25) is 0 Å². The highest BCUT2D eigenvalue weighted by Crippen LogP contribution is 2.22. The second-order valence-electron chi connectivity index (χ2n) is 5.97. The maximum atomic E-state index is 13.0. The molecule has 0 bridgehead atoms. The van der Waals surface area contributed by atoms with Gasteiger partial charge in [0.2, 0.25) is 0 Å². The predicted octanol–water partition coefficient (Wildman–Crippen LogP) is 4.84. The number of nitrogens with zero attached hydrogens (tertiary/aromatic N) is 1. The highest BCUT2D eigenvalue weighted by Gasteiger charge is 2.11. The summed E-state index contributed by atoms with van der Waals surface area (Å²) in [5, 5.41) is 0. The van der Waals surface area contributed by atoms with Gasteiger partial charge in [0, 0.05) is 30.6 Å². The zero-order valence-corrected chi connectivity index (χ0v) is 13.9. The molecule has 2 aromatic carbocycles. The lowest BCUT2D eigenvalue weighted by Crippen LogP contribution is -2.11. The third-order valence-electron chi connectivity index (χ3n) is 4.11. The number of aryl methyl sites for hydroxylation is 2. The van der Waals surface area contributed by atoms with Gasteiger partial charge in [0.15, 0.2) is 5.43 Å². The summed E-state index contributed by atoms with van der Waals surface area (Å²) in [7, 11) is 1.96. The Bertz CT molecular complexity index is 907. The molecular formula is C22H21NO. The van der Waals surface area contributed by atoms with E-state index in [-0.39, 0.29) is 5.43 Å². The van der Waals surface area contributed by atoms with E-state index in [9.17, 15) is 4.79 Å². The average Bonchev–Trinajstić information content (AvgIpc) is 2.62. The van der Waals surface area contributed by atoms with Crippen LogP contribution in [0.3, 0.4) is 0 Å². The number of rotatable bonds is 5. The molecule has 0 N–H and O–H groups in total. The first-order chi connectivity index (χ1) is 11.7. The standard InChI is InChI=1S/C22H21NO/c1-3-4-9-17-10-8-13-19(14-17)21-16-23(2)15-20(22(21)24)18-11-6-5-7-12-18/h3,5-8,10-16H,1,4,9H2,2H3. The van der Waals surface area contributed by atoms with E-state index in [1.807, 2.05) is 72.5 Å². The van der Waals surface area contributed by atoms with Gasteiger partial charge in [-0.3, -0.25) is 4.79 Å². The van der Waals surface area contributed by atoms with Crippen LogP contribution in [0.5, 0.6) is 0 Å². The summed E-state index contributed by atoms with van der Waals surface area (Å²) in [6.07, 6.45) is 7.59. The molecular weight excluding hydrogens is 294 g/mol. The summed E-state index contributed by atoms with van der Waals surface area (Å²) in [4.78, 5) is 13.0. The minimum Gasteiger partial charge on any atom is -0.356 e. The van der Waals surface area contributed by atoms with Crippen molar-refractivity contribution in [1.29, 1.82) is 0 Å². The van der Waals surface area contributed by atoms with Crippen LogP contribution in [0.4, 0.5) is 0 Å². The van der Waals surface area contributed by atoms with E-state index in [1.165, 1.54) is 5.56 Å². The quantitative estimate of drug-likeness (QED) is 0.618. The van der Waals surface area contributed by atoms with E-state index in [0.29, 0.717) is 0 Å². The molecule has 0 saturated carbocycles. The lowest BCUT2D eigenvalue weighted by Gasteiger charge is -2.10. The molecule has 2 heteroatoms. The molecule has 2 nitrogen and oxygen atoms in total. The topological polar surface area (TPSA) is 22.0 Å². The number of allylic oxidation sites excluding steroid dienone is 1. The van der Waals surface area contributed by atoms with Gasteiger partial charge in [-0.15, -0.1) is 6.58 Å². The highest BCUT2D eigenvalue weighted by molar-refractivity contribution is 5.72. The van der Waals surface area contributed by atoms with Gasteiger partial charge >= 0.3 is 0 Å². The van der Waals surface area contributed by atoms with Crippen LogP contribution in [0.25, 0.3) is 22.3 Å². The summed E-state index contributed by atoms with van der Waals surface area (Å²) in [6, 6.07) is 18.0. The largest absolute Gasteiger partial charge is 0.356 e. The number of aromatic nitrogens is 1. The smallest absolute Gasteiger partial charge is 0.197 e. The Hall–Kier alpha value is -2.87. The molecule has 0 aliphatic rings. The first-order valence-electron chi connectivity index (χ1n) is 8.15. The molecule has 0 aliphatic heterocycles. The van der Waals surface area contributed by atoms with Gasteiger partial charge in [0.05, 0.1) is 0 Å². The van der Waals surface area contributed by atoms with Crippen molar-refractivity contribution < 1.29 is 0 Å². The van der Waals surface area contributed by atoms with Crippen LogP contribution in [0.15, 0.2) is 84.4 Å². The summed E-state index contributed by atoms with van der Waals surface area (Å²) in [6.45, 7) is 3.77. The van der Waals surface area contributed by atoms with Crippen molar-refractivity contribution in [2.75, 3.05) is 0 Å². The molecule has 0 spiro atoms. The monoisotopic (exact) mass is 315 g/mol. The van der Waals surface area contributed by atoms with Gasteiger partial charge < -0.3 is 4.57 Å². The maximum Gasteiger partial charge on any atom is 0.197 e. The van der Waals surface area contributed by atoms with Crippen LogP contribution < -0.4 is 5.43 Å². The van der Waals surface area contributed by atoms with Crippen molar-refractivity contribution in [2.45, 2.75) is 12.8 Å². The van der Waals surface area contributed by atoms with Crippen molar-refractivity contribution in [3.63, 3.8) is 0 Å². The second kappa shape index (κ2) is 7.14. The average molecular weight is 315 g/mol. The van der Waals surface area contributed by atoms with E-state index in [4.69, 9.17) is 0 Å². The Labute approximate surface area is 142 Å². The molecule has 24 heavy (non-hydrogen) atoms. The SMILES string of the molecule is C=CCCc1cccc(-c2cn(C)cc(-c3ccccc3)c2=O)c1. The van der Waals surface area contributed by atoms with E-state index in [2.05, 4.69) is 18.7 Å². The van der Waals surface area contributed by atoms with Gasteiger partial charge in [-0.1, -0.05) is 60.7 Å². The number of hydrogen-bond acceptors (Lipinski definition) is 1. The summed E-state index contributed by atoms with van der Waals surface area (Å²) in [5.74, 6) is 0. The van der Waals surface area contributed by atoms with E-state index in [1.54, 1.807) is 0 Å². The number of hydrogen-bond donors (Lipinski definition) is 0. The van der Waals surface area contributed by atoms with Crippen molar-refractivity contribution in [2.24, 2.45) is 7.05 Å². The molecule has 3 rings (SSSR count). The van der Waals surface area contributed by atoms with E-state index in [0.717, 1.165) is 35.1 Å². The van der Waals surface area contributed by atoms with Crippen molar-refractivity contribution in [3.8, 4) is 22.3 Å². The lowest BCUT2D eigenvalue weighted by molar-refractivity contribution is 0.904. The van der Waals surface area contributed by atoms with Gasteiger partial charge in [-0.25, -0.2) is 0 Å². The van der Waals surface area contributed by atoms with Gasteiger partial charge in [-0.05, 0) is 29.5 Å². The molecule has 3 aromatic rings. The summed E-state index contributed by atoms with van der Waals surface area (Å²) < 4.78 is 1.95. The third kappa shape index (κ3) is 3.38. The van der Waals surface area contributed by atoms with Crippen LogP contribution >= 0.6 is 0 Å². The van der Waals surface area contributed by atoms with Gasteiger partial charge in [-0.2, -0.15) is 0 Å². The molecule has 0 unspecified atom stereocenters. The normalized spacial score (nSPS) is 10.5. The summed E-state index contributed by atoms with van der Waals surface area (Å²) >= 11 is 0. The van der Waals surface area contributed by atoms with Crippen LogP contribution in [0, 0.1) is 0 Å². The van der Waals surface area contributed by atoms with E-state index < -0.39 is 0 Å². The first-order valence-corrected chi connectivity index (χ1v) is 8.15. The predicted molar refractivity (Wildman–Crippen MR) is 101 cm³/mol. The molecule has 0 amide bonds. The van der Waals surface area contributed by atoms with Crippen molar-refractivity contribution in [1.82, 2.24) is 4.57 Å². The van der Waals surface area contributed by atoms with Crippen molar-refractivity contribution in [3.05, 3.63) is 95.4 Å². The van der Waals surface area contributed by atoms with Crippen LogP contribution in [0.1, 0.15) is 12.0 Å². The van der Waals surface area contributed by atoms with Crippen LogP contribution in [-0.4, -0.2) is 4.57 Å². The molecule has 1 heterocycles. The molecule has 0 atom stereocenters. The minimum atomic E-state index is 0.0696. The van der Waals surface area contributed by atoms with Crippen LogP contribution in [-0.2, 0) is 13.5 Å². The zero-order valence-electron chi connectivity index (χ0n) is 13.9. The van der Waals surface area contributed by atoms with Gasteiger partial charge in [0.25, 0.3) is 0 Å². The Kier molecular flexibility index (Phi) is 4.76. The first kappa shape index (κ1) is 16.0. The lowest BCUT2D eigenvalue weighted by atomic mass is 9.98.